The van der Waals surface area contributed by atoms with E-state index in [-0.39, 0.29) is 12.1 Å². The molecule has 148 valence electrons. The third-order valence-electron chi connectivity index (χ3n) is 5.87. The lowest BCUT2D eigenvalue weighted by atomic mass is 9.87. The first-order chi connectivity index (χ1) is 14.0. The highest BCUT2D eigenvalue weighted by Crippen LogP contribution is 2.34. The number of nitrogens with one attached hydrogen (secondary N) is 2. The molecular weight excluding hydrogens is 364 g/mol. The minimum Gasteiger partial charge on any atom is -0.361 e. The molecule has 0 amide bonds. The Labute approximate surface area is 168 Å². The minimum absolute atomic E-state index is 0.180. The second-order valence-corrected chi connectivity index (χ2v) is 7.88. The van der Waals surface area contributed by atoms with Gasteiger partial charge in [0.05, 0.1) is 11.4 Å². The average Bonchev–Trinajstić information content (AvgIpc) is 3.28. The molecule has 29 heavy (non-hydrogen) atoms. The zero-order valence-corrected chi connectivity index (χ0v) is 16.8. The van der Waals surface area contributed by atoms with Crippen LogP contribution in [0.1, 0.15) is 29.9 Å². The molecule has 1 aliphatic rings. The van der Waals surface area contributed by atoms with Crippen LogP contribution in [0.15, 0.2) is 35.1 Å². The van der Waals surface area contributed by atoms with E-state index in [0.717, 1.165) is 63.1 Å². The molecule has 3 aromatic heterocycles. The summed E-state index contributed by atoms with van der Waals surface area (Å²) in [6, 6.07) is 6.80. The molecule has 4 aromatic rings. The van der Waals surface area contributed by atoms with Gasteiger partial charge in [-0.1, -0.05) is 17.3 Å². The molecule has 2 atom stereocenters. The fourth-order valence-corrected chi connectivity index (χ4v) is 4.03. The van der Waals surface area contributed by atoms with E-state index in [0.29, 0.717) is 5.95 Å². The summed E-state index contributed by atoms with van der Waals surface area (Å²) in [7, 11) is 0. The van der Waals surface area contributed by atoms with E-state index in [1.54, 1.807) is 0 Å². The van der Waals surface area contributed by atoms with Gasteiger partial charge >= 0.3 is 0 Å². The third-order valence-corrected chi connectivity index (χ3v) is 5.87. The van der Waals surface area contributed by atoms with Gasteiger partial charge < -0.3 is 20.6 Å². The van der Waals surface area contributed by atoms with E-state index >= 15 is 0 Å². The van der Waals surface area contributed by atoms with Crippen LogP contribution in [0.25, 0.3) is 33.3 Å². The van der Waals surface area contributed by atoms with Crippen molar-refractivity contribution in [1.29, 1.82) is 0 Å². The number of rotatable bonds is 4. The predicted molar refractivity (Wildman–Crippen MR) is 114 cm³/mol. The molecule has 0 aliphatic heterocycles. The summed E-state index contributed by atoms with van der Waals surface area (Å²) < 4.78 is 5.33. The Morgan fingerprint density at radius 3 is 2.76 bits per heavy atom. The topological polar surface area (TPSA) is 106 Å². The van der Waals surface area contributed by atoms with Crippen LogP contribution in [0.5, 0.6) is 0 Å². The maximum Gasteiger partial charge on any atom is 0.223 e. The van der Waals surface area contributed by atoms with Gasteiger partial charge in [-0.2, -0.15) is 0 Å². The normalized spacial score (nSPS) is 18.8. The Bertz CT molecular complexity index is 1190. The Kier molecular flexibility index (Phi) is 4.13. The van der Waals surface area contributed by atoms with Gasteiger partial charge in [0.2, 0.25) is 5.95 Å². The van der Waals surface area contributed by atoms with Crippen molar-refractivity contribution in [3.63, 3.8) is 0 Å². The quantitative estimate of drug-likeness (QED) is 0.486. The maximum absolute atomic E-state index is 6.05. The molecule has 0 radical (unpaired) electrons. The van der Waals surface area contributed by atoms with Crippen molar-refractivity contribution >= 4 is 16.9 Å². The van der Waals surface area contributed by atoms with Gasteiger partial charge in [0.25, 0.3) is 0 Å². The zero-order chi connectivity index (χ0) is 20.1. The SMILES string of the molecule is Cc1cnc(N[C@H]2CC[C@@H]2N)nc1-c1c[nH]c2cc(-c3c(C)noc3C)ccc12. The second kappa shape index (κ2) is 6.70. The Balaban J connectivity index is 1.54. The number of aromatic nitrogens is 4. The maximum atomic E-state index is 6.05. The first-order valence-electron chi connectivity index (χ1n) is 9.92. The highest BCUT2D eigenvalue weighted by molar-refractivity contribution is 5.97. The van der Waals surface area contributed by atoms with Crippen molar-refractivity contribution in [1.82, 2.24) is 20.1 Å². The number of benzene rings is 1. The molecule has 0 saturated heterocycles. The van der Waals surface area contributed by atoms with Crippen LogP contribution in [-0.4, -0.2) is 32.2 Å². The summed E-state index contributed by atoms with van der Waals surface area (Å²) in [5.74, 6) is 1.46. The minimum atomic E-state index is 0.180. The monoisotopic (exact) mass is 388 g/mol. The Hall–Kier alpha value is -3.19. The summed E-state index contributed by atoms with van der Waals surface area (Å²) in [4.78, 5) is 12.6. The number of hydrogen-bond acceptors (Lipinski definition) is 6. The molecule has 4 N–H and O–H groups in total. The van der Waals surface area contributed by atoms with Gasteiger partial charge in [-0.3, -0.25) is 0 Å². The van der Waals surface area contributed by atoms with Crippen LogP contribution >= 0.6 is 0 Å². The molecule has 7 heteroatoms. The van der Waals surface area contributed by atoms with Crippen LogP contribution in [0.2, 0.25) is 0 Å². The highest BCUT2D eigenvalue weighted by Gasteiger charge is 2.28. The summed E-state index contributed by atoms with van der Waals surface area (Å²) >= 11 is 0. The summed E-state index contributed by atoms with van der Waals surface area (Å²) in [5, 5.41) is 8.56. The fourth-order valence-electron chi connectivity index (χ4n) is 4.03. The Morgan fingerprint density at radius 1 is 1.21 bits per heavy atom. The van der Waals surface area contributed by atoms with Gasteiger partial charge in [-0.25, -0.2) is 9.97 Å². The standard InChI is InChI=1S/C22H24N6O/c1-11-9-25-22(26-18-7-6-17(18)23)27-21(11)16-10-24-19-8-14(4-5-15(16)19)20-12(2)28-29-13(20)3/h4-5,8-10,17-18,24H,6-7,23H2,1-3H3,(H,25,26,27)/t17-,18-/m0/s1. The lowest BCUT2D eigenvalue weighted by Gasteiger charge is -2.34. The number of nitrogens with zero attached hydrogens (tertiary/aromatic N) is 3. The first-order valence-corrected chi connectivity index (χ1v) is 9.92. The molecule has 7 nitrogen and oxygen atoms in total. The number of H-pyrrole nitrogens is 1. The van der Waals surface area contributed by atoms with Crippen molar-refractivity contribution < 1.29 is 4.52 Å². The first kappa shape index (κ1) is 17.9. The molecule has 1 saturated carbocycles. The molecule has 0 unspecified atom stereocenters. The summed E-state index contributed by atoms with van der Waals surface area (Å²) in [6.45, 7) is 5.93. The van der Waals surface area contributed by atoms with Crippen LogP contribution < -0.4 is 11.1 Å². The van der Waals surface area contributed by atoms with E-state index in [1.165, 1.54) is 0 Å². The molecule has 1 aliphatic carbocycles. The van der Waals surface area contributed by atoms with Crippen molar-refractivity contribution in [2.24, 2.45) is 5.73 Å². The Morgan fingerprint density at radius 2 is 2.07 bits per heavy atom. The lowest BCUT2D eigenvalue weighted by molar-refractivity contribution is 0.368. The second-order valence-electron chi connectivity index (χ2n) is 7.88. The molecule has 3 heterocycles. The lowest BCUT2D eigenvalue weighted by Crippen LogP contribution is -2.49. The number of aryl methyl sites for hydroxylation is 3. The largest absolute Gasteiger partial charge is 0.361 e. The summed E-state index contributed by atoms with van der Waals surface area (Å²) in [6.07, 6.45) is 5.99. The smallest absolute Gasteiger partial charge is 0.223 e. The number of fused-ring (bicyclic) bond motifs is 1. The highest BCUT2D eigenvalue weighted by atomic mass is 16.5. The number of hydrogen-bond donors (Lipinski definition) is 3. The zero-order valence-electron chi connectivity index (χ0n) is 16.8. The van der Waals surface area contributed by atoms with E-state index in [4.69, 9.17) is 15.2 Å². The van der Waals surface area contributed by atoms with Crippen LogP contribution in [0.4, 0.5) is 5.95 Å². The summed E-state index contributed by atoms with van der Waals surface area (Å²) in [5.41, 5.74) is 13.1. The van der Waals surface area contributed by atoms with Gasteiger partial charge in [-0.05, 0) is 50.8 Å². The molecule has 5 rings (SSSR count). The predicted octanol–water partition coefficient (Wildman–Crippen LogP) is 4.11. The van der Waals surface area contributed by atoms with Crippen molar-refractivity contribution in [3.05, 3.63) is 47.6 Å². The van der Waals surface area contributed by atoms with E-state index in [9.17, 15) is 0 Å². The van der Waals surface area contributed by atoms with Crippen molar-refractivity contribution in [2.75, 3.05) is 5.32 Å². The van der Waals surface area contributed by atoms with Gasteiger partial charge in [0, 0.05) is 46.5 Å². The third kappa shape index (κ3) is 2.98. The van der Waals surface area contributed by atoms with Gasteiger partial charge in [0.15, 0.2) is 0 Å². The number of aromatic amines is 1. The van der Waals surface area contributed by atoms with Crippen LogP contribution in [0, 0.1) is 20.8 Å². The van der Waals surface area contributed by atoms with E-state index in [1.807, 2.05) is 33.2 Å². The van der Waals surface area contributed by atoms with Crippen molar-refractivity contribution in [2.45, 2.75) is 45.7 Å². The van der Waals surface area contributed by atoms with Crippen molar-refractivity contribution in [3.8, 4) is 22.4 Å². The molecular formula is C22H24N6O. The van der Waals surface area contributed by atoms with Crippen LogP contribution in [-0.2, 0) is 0 Å². The van der Waals surface area contributed by atoms with Gasteiger partial charge in [0.1, 0.15) is 5.76 Å². The van der Waals surface area contributed by atoms with Gasteiger partial charge in [-0.15, -0.1) is 0 Å². The number of nitrogens with two attached hydrogens (primary N) is 1. The van der Waals surface area contributed by atoms with E-state index in [2.05, 4.69) is 38.6 Å². The molecule has 0 spiro atoms. The van der Waals surface area contributed by atoms with E-state index < -0.39 is 0 Å². The van der Waals surface area contributed by atoms with Crippen LogP contribution in [0.3, 0.4) is 0 Å². The molecule has 1 fully saturated rings. The average molecular weight is 388 g/mol. The molecule has 1 aromatic carbocycles. The fraction of sp³-hybridized carbons (Fsp3) is 0.318. The molecule has 0 bridgehead atoms. The number of anilines is 1.